The van der Waals surface area contributed by atoms with Gasteiger partial charge < -0.3 is 9.47 Å². The second kappa shape index (κ2) is 12.9. The van der Waals surface area contributed by atoms with Gasteiger partial charge in [0.2, 0.25) is 23.1 Å². The lowest BCUT2D eigenvalue weighted by atomic mass is 9.90. The van der Waals surface area contributed by atoms with Crippen LogP contribution in [-0.4, -0.2) is 38.8 Å². The molecule has 0 aliphatic heterocycles. The molecule has 0 unspecified atom stereocenters. The van der Waals surface area contributed by atoms with E-state index in [-0.39, 0.29) is 22.7 Å². The number of Topliss-reactive ketones (excluding diaryl/α,β-unsaturated/α-hetero) is 2. The summed E-state index contributed by atoms with van der Waals surface area (Å²) in [5.74, 6) is -1.63. The van der Waals surface area contributed by atoms with E-state index in [1.807, 2.05) is 0 Å². The summed E-state index contributed by atoms with van der Waals surface area (Å²) < 4.78 is 10.1. The number of hydrogen-bond acceptors (Lipinski definition) is 6. The molecule has 0 spiro atoms. The minimum absolute atomic E-state index is 0.123. The maximum Gasteiger partial charge on any atom is 0.270 e. The number of methoxy groups -OCH3 is 2. The van der Waals surface area contributed by atoms with E-state index >= 15 is 0 Å². The number of ether oxygens (including phenoxy) is 2. The third-order valence-corrected chi connectivity index (χ3v) is 4.87. The van der Waals surface area contributed by atoms with Gasteiger partial charge in [-0.2, -0.15) is 0 Å². The highest BCUT2D eigenvalue weighted by atomic mass is 16.6. The first-order valence-electron chi connectivity index (χ1n) is 10.1. The van der Waals surface area contributed by atoms with Crippen molar-refractivity contribution in [3.8, 4) is 0 Å². The Morgan fingerprint density at radius 1 is 0.897 bits per heavy atom. The number of unbranched alkanes of at least 4 members (excludes halogenated alkanes) is 6. The number of carbonyl (C=O) groups excluding carboxylic acids is 3. The fourth-order valence-electron chi connectivity index (χ4n) is 3.19. The van der Waals surface area contributed by atoms with Crippen LogP contribution in [0.25, 0.3) is 0 Å². The van der Waals surface area contributed by atoms with Gasteiger partial charge in [-0.3, -0.25) is 19.2 Å². The van der Waals surface area contributed by atoms with Crippen molar-refractivity contribution in [3.05, 3.63) is 34.3 Å². The summed E-state index contributed by atoms with van der Waals surface area (Å²) in [6.45, 7) is 3.72. The van der Waals surface area contributed by atoms with Crippen LogP contribution in [0.4, 0.5) is 0 Å². The molecule has 1 rings (SSSR count). The molecule has 0 saturated carbocycles. The lowest BCUT2D eigenvalue weighted by molar-refractivity contribution is -0.127. The summed E-state index contributed by atoms with van der Waals surface area (Å²) in [6.07, 6.45) is 9.68. The first-order valence-corrected chi connectivity index (χ1v) is 10.1. The van der Waals surface area contributed by atoms with Crippen LogP contribution in [0.2, 0.25) is 0 Å². The van der Waals surface area contributed by atoms with Crippen molar-refractivity contribution in [1.82, 2.24) is 5.48 Å². The number of ketones is 2. The molecular formula is C22H33NO6. The Labute approximate surface area is 173 Å². The van der Waals surface area contributed by atoms with Gasteiger partial charge in [-0.25, -0.2) is 5.48 Å². The zero-order chi connectivity index (χ0) is 21.8. The molecular weight excluding hydrogens is 374 g/mol. The summed E-state index contributed by atoms with van der Waals surface area (Å²) in [5, 5.41) is 0. The smallest absolute Gasteiger partial charge is 0.270 e. The van der Waals surface area contributed by atoms with E-state index in [9.17, 15) is 14.4 Å². The molecule has 1 amide bonds. The lowest BCUT2D eigenvalue weighted by Gasteiger charge is -2.19. The molecule has 29 heavy (non-hydrogen) atoms. The van der Waals surface area contributed by atoms with Gasteiger partial charge in [-0.1, -0.05) is 45.4 Å². The number of nitrogens with one attached hydrogen (secondary N) is 1. The monoisotopic (exact) mass is 407 g/mol. The van der Waals surface area contributed by atoms with E-state index < -0.39 is 17.5 Å². The summed E-state index contributed by atoms with van der Waals surface area (Å²) in [5.41, 5.74) is 3.03. The van der Waals surface area contributed by atoms with Crippen molar-refractivity contribution >= 4 is 17.5 Å². The summed E-state index contributed by atoms with van der Waals surface area (Å²) >= 11 is 0. The van der Waals surface area contributed by atoms with Gasteiger partial charge in [0.15, 0.2) is 0 Å². The normalized spacial score (nSPS) is 15.1. The molecule has 0 fully saturated rings. The van der Waals surface area contributed by atoms with E-state index in [4.69, 9.17) is 14.3 Å². The van der Waals surface area contributed by atoms with Crippen molar-refractivity contribution in [1.29, 1.82) is 0 Å². The SMILES string of the molecule is CCCCCCCCCC(=CC1=C(C)C(=O)C(OC)=C(OC)C1=O)C(=O)NOC. The highest BCUT2D eigenvalue weighted by Crippen LogP contribution is 2.28. The van der Waals surface area contributed by atoms with Gasteiger partial charge in [0.1, 0.15) is 0 Å². The zero-order valence-electron chi connectivity index (χ0n) is 18.2. The molecule has 1 N–H and O–H groups in total. The van der Waals surface area contributed by atoms with Crippen molar-refractivity contribution in [2.75, 3.05) is 21.3 Å². The van der Waals surface area contributed by atoms with Gasteiger partial charge in [-0.15, -0.1) is 0 Å². The van der Waals surface area contributed by atoms with Crippen LogP contribution in [0.1, 0.15) is 65.2 Å². The maximum absolute atomic E-state index is 12.8. The standard InChI is InChI=1S/C22H33NO6/c1-6-7-8-9-10-11-12-13-16(22(26)23-29-5)14-17-15(2)18(24)20(27-3)21(28-4)19(17)25/h14H,6-13H2,1-5H3,(H,23,26). The molecule has 7 nitrogen and oxygen atoms in total. The largest absolute Gasteiger partial charge is 0.489 e. The number of allylic oxidation sites excluding steroid dienone is 3. The predicted molar refractivity (Wildman–Crippen MR) is 110 cm³/mol. The van der Waals surface area contributed by atoms with Crippen LogP contribution in [0.3, 0.4) is 0 Å². The first kappa shape index (κ1) is 24.6. The van der Waals surface area contributed by atoms with E-state index in [2.05, 4.69) is 12.4 Å². The molecule has 1 aliphatic carbocycles. The molecule has 162 valence electrons. The maximum atomic E-state index is 12.8. The minimum Gasteiger partial charge on any atom is -0.489 e. The van der Waals surface area contributed by atoms with Crippen molar-refractivity contribution < 1.29 is 28.7 Å². The van der Waals surface area contributed by atoms with Crippen LogP contribution < -0.4 is 5.48 Å². The van der Waals surface area contributed by atoms with E-state index in [0.29, 0.717) is 12.0 Å². The number of carbonyl (C=O) groups is 3. The van der Waals surface area contributed by atoms with Crippen molar-refractivity contribution in [3.63, 3.8) is 0 Å². The molecule has 0 radical (unpaired) electrons. The van der Waals surface area contributed by atoms with Crippen molar-refractivity contribution in [2.45, 2.75) is 65.2 Å². The predicted octanol–water partition coefficient (Wildman–Crippen LogP) is 3.70. The van der Waals surface area contributed by atoms with E-state index in [1.165, 1.54) is 60.0 Å². The van der Waals surface area contributed by atoms with Gasteiger partial charge in [-0.05, 0) is 25.8 Å². The third-order valence-electron chi connectivity index (χ3n) is 4.87. The summed E-state index contributed by atoms with van der Waals surface area (Å²) in [4.78, 5) is 42.4. The molecule has 7 heteroatoms. The van der Waals surface area contributed by atoms with Crippen LogP contribution in [0.5, 0.6) is 0 Å². The summed E-state index contributed by atoms with van der Waals surface area (Å²) in [7, 11) is 3.96. The van der Waals surface area contributed by atoms with Crippen LogP contribution in [0, 0.1) is 0 Å². The average molecular weight is 408 g/mol. The fourth-order valence-corrected chi connectivity index (χ4v) is 3.19. The van der Waals surface area contributed by atoms with Gasteiger partial charge in [0.05, 0.1) is 21.3 Å². The third kappa shape index (κ3) is 6.85. The highest BCUT2D eigenvalue weighted by molar-refractivity contribution is 6.24. The molecule has 0 aromatic rings. The fraction of sp³-hybridized carbons (Fsp3) is 0.591. The topological polar surface area (TPSA) is 90.9 Å². The molecule has 0 atom stereocenters. The Kier molecular flexibility index (Phi) is 11.0. The lowest BCUT2D eigenvalue weighted by Crippen LogP contribution is -2.27. The molecule has 1 aliphatic rings. The zero-order valence-corrected chi connectivity index (χ0v) is 18.2. The summed E-state index contributed by atoms with van der Waals surface area (Å²) in [6, 6.07) is 0. The Balaban J connectivity index is 3.00. The molecule has 0 saturated heterocycles. The quantitative estimate of drug-likeness (QED) is 0.217. The first-order chi connectivity index (χ1) is 13.9. The Morgan fingerprint density at radius 3 is 2.00 bits per heavy atom. The second-order valence-electron chi connectivity index (χ2n) is 6.94. The van der Waals surface area contributed by atoms with Crippen LogP contribution >= 0.6 is 0 Å². The number of rotatable bonds is 13. The van der Waals surface area contributed by atoms with Gasteiger partial charge >= 0.3 is 0 Å². The molecule has 0 bridgehead atoms. The molecule has 0 aromatic heterocycles. The number of amides is 1. The Hall–Kier alpha value is -2.41. The van der Waals surface area contributed by atoms with Gasteiger partial charge in [0, 0.05) is 16.7 Å². The number of hydrogen-bond donors (Lipinski definition) is 1. The molecule has 0 aromatic carbocycles. The average Bonchev–Trinajstić information content (AvgIpc) is 2.71. The van der Waals surface area contributed by atoms with E-state index in [0.717, 1.165) is 19.3 Å². The van der Waals surface area contributed by atoms with E-state index in [1.54, 1.807) is 0 Å². The minimum atomic E-state index is -0.483. The second-order valence-corrected chi connectivity index (χ2v) is 6.94. The van der Waals surface area contributed by atoms with Crippen LogP contribution in [0.15, 0.2) is 34.3 Å². The molecule has 0 heterocycles. The van der Waals surface area contributed by atoms with Crippen LogP contribution in [-0.2, 0) is 28.7 Å². The Bertz CT molecular complexity index is 702. The van der Waals surface area contributed by atoms with Gasteiger partial charge in [0.25, 0.3) is 5.91 Å². The van der Waals surface area contributed by atoms with Crippen molar-refractivity contribution in [2.24, 2.45) is 0 Å². The highest BCUT2D eigenvalue weighted by Gasteiger charge is 2.34. The Morgan fingerprint density at radius 2 is 1.45 bits per heavy atom. The number of hydroxylamine groups is 1.